The first-order valence-electron chi connectivity index (χ1n) is 7.16. The van der Waals surface area contributed by atoms with Crippen molar-refractivity contribution in [3.8, 4) is 0 Å². The van der Waals surface area contributed by atoms with Crippen molar-refractivity contribution >= 4 is 11.8 Å². The molecule has 2 amide bonds. The van der Waals surface area contributed by atoms with Gasteiger partial charge in [0, 0.05) is 0 Å². The first-order chi connectivity index (χ1) is 9.27. The first kappa shape index (κ1) is 16.9. The highest BCUT2D eigenvalue weighted by Gasteiger charge is 2.43. The molecule has 0 aromatic carbocycles. The van der Waals surface area contributed by atoms with Crippen LogP contribution in [0.5, 0.6) is 0 Å². The molecule has 1 aliphatic heterocycles. The van der Waals surface area contributed by atoms with Crippen molar-refractivity contribution in [2.75, 3.05) is 6.54 Å². The normalized spacial score (nSPS) is 25.3. The molecule has 3 unspecified atom stereocenters. The molecule has 0 aromatic heterocycles. The molecule has 4 nitrogen and oxygen atoms in total. The van der Waals surface area contributed by atoms with Crippen molar-refractivity contribution in [2.45, 2.75) is 59.0 Å². The fourth-order valence-electron chi connectivity index (χ4n) is 2.45. The third-order valence-corrected chi connectivity index (χ3v) is 3.77. The van der Waals surface area contributed by atoms with Crippen molar-refractivity contribution < 1.29 is 18.4 Å². The van der Waals surface area contributed by atoms with Gasteiger partial charge in [0.05, 0.1) is 6.54 Å². The van der Waals surface area contributed by atoms with E-state index in [0.29, 0.717) is 12.8 Å². The topological polar surface area (TPSA) is 49.4 Å². The Morgan fingerprint density at radius 1 is 1.25 bits per heavy atom. The zero-order chi connectivity index (χ0) is 15.4. The molecule has 1 rings (SSSR count). The molecule has 6 heteroatoms. The summed E-state index contributed by atoms with van der Waals surface area (Å²) in [4.78, 5) is 25.6. The predicted octanol–water partition coefficient (Wildman–Crippen LogP) is 2.04. The van der Waals surface area contributed by atoms with Crippen molar-refractivity contribution in [3.05, 3.63) is 0 Å². The number of carbonyl (C=O) groups excluding carboxylic acids is 2. The van der Waals surface area contributed by atoms with E-state index in [4.69, 9.17) is 0 Å². The smallest absolute Gasteiger partial charge is 0.255 e. The van der Waals surface area contributed by atoms with Crippen LogP contribution in [-0.2, 0) is 9.59 Å². The molecule has 1 saturated heterocycles. The molecular weight excluding hydrogens is 266 g/mol. The third kappa shape index (κ3) is 3.90. The summed E-state index contributed by atoms with van der Waals surface area (Å²) in [5.41, 5.74) is 0. The monoisotopic (exact) mass is 290 g/mol. The van der Waals surface area contributed by atoms with E-state index in [2.05, 4.69) is 5.32 Å². The van der Waals surface area contributed by atoms with Gasteiger partial charge in [-0.1, -0.05) is 34.1 Å². The van der Waals surface area contributed by atoms with Crippen LogP contribution in [0.3, 0.4) is 0 Å². The maximum atomic E-state index is 12.7. The molecule has 0 aromatic rings. The van der Waals surface area contributed by atoms with E-state index in [9.17, 15) is 18.4 Å². The van der Waals surface area contributed by atoms with Crippen LogP contribution >= 0.6 is 0 Å². The summed E-state index contributed by atoms with van der Waals surface area (Å²) in [6.07, 6.45) is -1.52. The lowest BCUT2D eigenvalue weighted by atomic mass is 9.91. The molecule has 1 N–H and O–H groups in total. The maximum absolute atomic E-state index is 12.7. The quantitative estimate of drug-likeness (QED) is 0.814. The molecule has 1 aliphatic rings. The average Bonchev–Trinajstić information content (AvgIpc) is 2.36. The molecule has 0 spiro atoms. The van der Waals surface area contributed by atoms with Gasteiger partial charge in [0.2, 0.25) is 11.8 Å². The minimum atomic E-state index is -2.63. The van der Waals surface area contributed by atoms with E-state index >= 15 is 0 Å². The lowest BCUT2D eigenvalue weighted by molar-refractivity contribution is -0.153. The number of amides is 2. The maximum Gasteiger partial charge on any atom is 0.255 e. The van der Waals surface area contributed by atoms with Crippen molar-refractivity contribution in [1.29, 1.82) is 0 Å². The number of alkyl halides is 2. The van der Waals surface area contributed by atoms with E-state index in [1.54, 1.807) is 0 Å². The second-order valence-electron chi connectivity index (χ2n) is 5.90. The highest BCUT2D eigenvalue weighted by Crippen LogP contribution is 2.22. The molecule has 3 atom stereocenters. The van der Waals surface area contributed by atoms with E-state index in [0.717, 1.165) is 4.90 Å². The third-order valence-electron chi connectivity index (χ3n) is 3.77. The summed E-state index contributed by atoms with van der Waals surface area (Å²) in [5.74, 6) is -0.611. The highest BCUT2D eigenvalue weighted by atomic mass is 19.3. The van der Waals surface area contributed by atoms with Gasteiger partial charge in [-0.15, -0.1) is 0 Å². The highest BCUT2D eigenvalue weighted by molar-refractivity contribution is 5.97. The van der Waals surface area contributed by atoms with Crippen LogP contribution in [0.25, 0.3) is 0 Å². The largest absolute Gasteiger partial charge is 0.342 e. The van der Waals surface area contributed by atoms with Gasteiger partial charge in [-0.3, -0.25) is 9.59 Å². The second kappa shape index (κ2) is 6.99. The summed E-state index contributed by atoms with van der Waals surface area (Å²) in [6.45, 7) is 6.88. The lowest BCUT2D eigenvalue weighted by Crippen LogP contribution is -2.65. The fraction of sp³-hybridized carbons (Fsp3) is 0.857. The summed E-state index contributed by atoms with van der Waals surface area (Å²) in [6, 6.07) is -1.47. The Morgan fingerprint density at radius 3 is 2.30 bits per heavy atom. The number of piperazine rings is 1. The molecule has 20 heavy (non-hydrogen) atoms. The molecule has 0 aliphatic carbocycles. The number of nitrogens with zero attached hydrogens (tertiary/aromatic N) is 1. The van der Waals surface area contributed by atoms with E-state index in [1.165, 1.54) is 0 Å². The van der Waals surface area contributed by atoms with Gasteiger partial charge in [0.1, 0.15) is 12.1 Å². The number of hydrogen-bond acceptors (Lipinski definition) is 2. The fourth-order valence-corrected chi connectivity index (χ4v) is 2.45. The van der Waals surface area contributed by atoms with Crippen LogP contribution < -0.4 is 5.32 Å². The Hall–Kier alpha value is -1.20. The van der Waals surface area contributed by atoms with Gasteiger partial charge in [0.15, 0.2) is 0 Å². The number of carbonyl (C=O) groups is 2. The van der Waals surface area contributed by atoms with Crippen LogP contribution in [0, 0.1) is 11.8 Å². The van der Waals surface area contributed by atoms with E-state index in [1.807, 2.05) is 27.7 Å². The Morgan fingerprint density at radius 2 is 1.85 bits per heavy atom. The first-order valence-corrected chi connectivity index (χ1v) is 7.16. The number of rotatable bonds is 6. The van der Waals surface area contributed by atoms with E-state index in [-0.39, 0.29) is 23.7 Å². The molecule has 1 heterocycles. The minimum Gasteiger partial charge on any atom is -0.342 e. The van der Waals surface area contributed by atoms with E-state index < -0.39 is 25.1 Å². The number of nitrogens with one attached hydrogen (secondary N) is 1. The van der Waals surface area contributed by atoms with Crippen LogP contribution in [0.1, 0.15) is 40.5 Å². The van der Waals surface area contributed by atoms with Crippen LogP contribution in [0.4, 0.5) is 8.78 Å². The average molecular weight is 290 g/mol. The molecule has 0 bridgehead atoms. The summed E-state index contributed by atoms with van der Waals surface area (Å²) >= 11 is 0. The number of halogens is 2. The zero-order valence-corrected chi connectivity index (χ0v) is 12.5. The van der Waals surface area contributed by atoms with Gasteiger partial charge >= 0.3 is 0 Å². The zero-order valence-electron chi connectivity index (χ0n) is 12.5. The number of hydrogen-bond donors (Lipinski definition) is 1. The molecule has 1 fully saturated rings. The lowest BCUT2D eigenvalue weighted by Gasteiger charge is -2.41. The van der Waals surface area contributed by atoms with Gasteiger partial charge in [0.25, 0.3) is 6.43 Å². The van der Waals surface area contributed by atoms with Crippen molar-refractivity contribution in [3.63, 3.8) is 0 Å². The van der Waals surface area contributed by atoms with Gasteiger partial charge in [-0.05, 0) is 18.3 Å². The molecule has 116 valence electrons. The molecular formula is C14H24F2N2O2. The molecule has 0 saturated carbocycles. The second-order valence-corrected chi connectivity index (χ2v) is 5.90. The summed E-state index contributed by atoms with van der Waals surface area (Å²) in [5, 5.41) is 2.70. The van der Waals surface area contributed by atoms with Gasteiger partial charge in [-0.2, -0.15) is 0 Å². The van der Waals surface area contributed by atoms with Gasteiger partial charge < -0.3 is 10.2 Å². The Bertz CT molecular complexity index is 361. The summed E-state index contributed by atoms with van der Waals surface area (Å²) in [7, 11) is 0. The van der Waals surface area contributed by atoms with Crippen LogP contribution in [0.2, 0.25) is 0 Å². The Balaban J connectivity index is 2.97. The van der Waals surface area contributed by atoms with Crippen molar-refractivity contribution in [1.82, 2.24) is 10.2 Å². The summed E-state index contributed by atoms with van der Waals surface area (Å²) < 4.78 is 25.4. The van der Waals surface area contributed by atoms with Gasteiger partial charge in [-0.25, -0.2) is 8.78 Å². The standard InChI is InChI=1S/C14H24F2N2O2/c1-5-9(4)12-14(20)18(7-11(15)16)10(6-8(2)3)13(19)17-12/h8-12H,5-7H2,1-4H3,(H,17,19). The molecule has 0 radical (unpaired) electrons. The van der Waals surface area contributed by atoms with Crippen molar-refractivity contribution in [2.24, 2.45) is 11.8 Å². The Labute approximate surface area is 118 Å². The SMILES string of the molecule is CCC(C)C1NC(=O)C(CC(C)C)N(CC(F)F)C1=O. The minimum absolute atomic E-state index is 0.0633. The van der Waals surface area contributed by atoms with Crippen LogP contribution in [0.15, 0.2) is 0 Å². The Kier molecular flexibility index (Phi) is 5.89. The predicted molar refractivity (Wildman–Crippen MR) is 72.3 cm³/mol. The van der Waals surface area contributed by atoms with Crippen LogP contribution in [-0.4, -0.2) is 41.8 Å².